The fourth-order valence-corrected chi connectivity index (χ4v) is 2.23. The number of hydrogen-bond donors (Lipinski definition) is 0. The summed E-state index contributed by atoms with van der Waals surface area (Å²) in [4.78, 5) is 0. The van der Waals surface area contributed by atoms with Crippen molar-refractivity contribution < 1.29 is 8.42 Å². The van der Waals surface area contributed by atoms with E-state index in [9.17, 15) is 8.42 Å². The van der Waals surface area contributed by atoms with Crippen molar-refractivity contribution in [3.05, 3.63) is 36.2 Å². The second-order valence-corrected chi connectivity index (χ2v) is 6.30. The zero-order valence-corrected chi connectivity index (χ0v) is 9.87. The largest absolute Gasteiger partial charge is 0.232 e. The maximum Gasteiger partial charge on any atom is 0.232 e. The standard InChI is InChI=1S/C10H9ClN2O2S/c11-16(14,15)5-4-8-2-1-3-9-6-12-13-7-10(8)9/h1-3,6-7H,4-5H2. The molecule has 2 rings (SSSR count). The van der Waals surface area contributed by atoms with Crippen LogP contribution in [0.3, 0.4) is 0 Å². The normalized spacial score (nSPS) is 11.8. The minimum absolute atomic E-state index is 0.0734. The molecule has 0 radical (unpaired) electrons. The van der Waals surface area contributed by atoms with Crippen molar-refractivity contribution in [1.82, 2.24) is 10.2 Å². The Hall–Kier alpha value is -1.20. The summed E-state index contributed by atoms with van der Waals surface area (Å²) in [5.41, 5.74) is 0.914. The number of hydrogen-bond acceptors (Lipinski definition) is 4. The van der Waals surface area contributed by atoms with Crippen molar-refractivity contribution in [3.8, 4) is 0 Å². The van der Waals surface area contributed by atoms with Gasteiger partial charge >= 0.3 is 0 Å². The molecule has 0 spiro atoms. The maximum atomic E-state index is 10.9. The SMILES string of the molecule is O=S(=O)(Cl)CCc1cccc2cnncc12. The van der Waals surface area contributed by atoms with E-state index in [1.165, 1.54) is 0 Å². The zero-order chi connectivity index (χ0) is 11.6. The van der Waals surface area contributed by atoms with Crippen LogP contribution in [0.1, 0.15) is 5.56 Å². The number of aryl methyl sites for hydroxylation is 1. The van der Waals surface area contributed by atoms with Gasteiger partial charge < -0.3 is 0 Å². The highest BCUT2D eigenvalue weighted by Gasteiger charge is 2.07. The molecular weight excluding hydrogens is 248 g/mol. The van der Waals surface area contributed by atoms with E-state index in [0.717, 1.165) is 16.3 Å². The first-order chi connectivity index (χ1) is 7.56. The van der Waals surface area contributed by atoms with Gasteiger partial charge in [-0.3, -0.25) is 0 Å². The van der Waals surface area contributed by atoms with Gasteiger partial charge in [-0.2, -0.15) is 10.2 Å². The third kappa shape index (κ3) is 2.68. The molecule has 0 saturated carbocycles. The molecule has 0 unspecified atom stereocenters. The molecule has 0 aliphatic heterocycles. The monoisotopic (exact) mass is 256 g/mol. The van der Waals surface area contributed by atoms with Crippen LogP contribution in [0.5, 0.6) is 0 Å². The van der Waals surface area contributed by atoms with E-state index in [0.29, 0.717) is 6.42 Å². The first kappa shape index (κ1) is 11.3. The third-order valence-corrected chi connectivity index (χ3v) is 3.45. The average molecular weight is 257 g/mol. The lowest BCUT2D eigenvalue weighted by atomic mass is 10.1. The molecule has 0 atom stereocenters. The van der Waals surface area contributed by atoms with E-state index in [-0.39, 0.29) is 5.75 Å². The fraction of sp³-hybridized carbons (Fsp3) is 0.200. The summed E-state index contributed by atoms with van der Waals surface area (Å²) in [6.45, 7) is 0. The minimum Gasteiger partial charge on any atom is -0.212 e. The lowest BCUT2D eigenvalue weighted by Crippen LogP contribution is -2.01. The molecule has 0 bridgehead atoms. The quantitative estimate of drug-likeness (QED) is 0.785. The van der Waals surface area contributed by atoms with Crippen LogP contribution in [0.4, 0.5) is 0 Å². The van der Waals surface area contributed by atoms with Crippen molar-refractivity contribution in [3.63, 3.8) is 0 Å². The van der Waals surface area contributed by atoms with Gasteiger partial charge in [0.1, 0.15) is 0 Å². The first-order valence-electron chi connectivity index (χ1n) is 4.67. The maximum absolute atomic E-state index is 10.9. The number of rotatable bonds is 3. The van der Waals surface area contributed by atoms with Crippen molar-refractivity contribution in [2.75, 3.05) is 5.75 Å². The number of halogens is 1. The zero-order valence-electron chi connectivity index (χ0n) is 8.30. The molecule has 16 heavy (non-hydrogen) atoms. The second kappa shape index (κ2) is 4.35. The predicted molar refractivity (Wildman–Crippen MR) is 62.9 cm³/mol. The molecule has 4 nitrogen and oxygen atoms in total. The van der Waals surface area contributed by atoms with E-state index in [4.69, 9.17) is 10.7 Å². The number of nitrogens with zero attached hydrogens (tertiary/aromatic N) is 2. The van der Waals surface area contributed by atoms with Crippen molar-refractivity contribution in [1.29, 1.82) is 0 Å². The summed E-state index contributed by atoms with van der Waals surface area (Å²) in [5.74, 6) is -0.0734. The van der Waals surface area contributed by atoms with Crippen LogP contribution in [0.15, 0.2) is 30.6 Å². The van der Waals surface area contributed by atoms with Gasteiger partial charge in [-0.25, -0.2) is 8.42 Å². The van der Waals surface area contributed by atoms with Gasteiger partial charge in [0.25, 0.3) is 0 Å². The molecule has 84 valence electrons. The summed E-state index contributed by atoms with van der Waals surface area (Å²) in [6.07, 6.45) is 3.66. The summed E-state index contributed by atoms with van der Waals surface area (Å²) in [7, 11) is 1.72. The van der Waals surface area contributed by atoms with E-state index >= 15 is 0 Å². The van der Waals surface area contributed by atoms with Crippen LogP contribution in [0.2, 0.25) is 0 Å². The van der Waals surface area contributed by atoms with Crippen molar-refractivity contribution in [2.24, 2.45) is 0 Å². The Morgan fingerprint density at radius 2 is 1.94 bits per heavy atom. The molecule has 0 N–H and O–H groups in total. The lowest BCUT2D eigenvalue weighted by Gasteiger charge is -2.03. The molecular formula is C10H9ClN2O2S. The predicted octanol–water partition coefficient (Wildman–Crippen LogP) is 1.74. The second-order valence-electron chi connectivity index (χ2n) is 3.40. The summed E-state index contributed by atoms with van der Waals surface area (Å²) in [6, 6.07) is 5.63. The average Bonchev–Trinajstić information content (AvgIpc) is 2.25. The molecule has 1 heterocycles. The van der Waals surface area contributed by atoms with Gasteiger partial charge in [-0.1, -0.05) is 18.2 Å². The van der Waals surface area contributed by atoms with Crippen LogP contribution in [-0.4, -0.2) is 24.4 Å². The van der Waals surface area contributed by atoms with Gasteiger partial charge in [0, 0.05) is 21.5 Å². The number of aromatic nitrogens is 2. The Bertz CT molecular complexity index is 608. The molecule has 0 saturated heterocycles. The first-order valence-corrected chi connectivity index (χ1v) is 7.15. The van der Waals surface area contributed by atoms with E-state index < -0.39 is 9.05 Å². The highest BCUT2D eigenvalue weighted by atomic mass is 35.7. The molecule has 0 fully saturated rings. The van der Waals surface area contributed by atoms with E-state index in [1.807, 2.05) is 18.2 Å². The van der Waals surface area contributed by atoms with E-state index in [1.54, 1.807) is 12.4 Å². The molecule has 1 aromatic carbocycles. The third-order valence-electron chi connectivity index (χ3n) is 2.30. The van der Waals surface area contributed by atoms with Gasteiger partial charge in [0.15, 0.2) is 0 Å². The molecule has 0 amide bonds. The Kier molecular flexibility index (Phi) is 3.07. The lowest BCUT2D eigenvalue weighted by molar-refractivity contribution is 0.609. The van der Waals surface area contributed by atoms with Crippen LogP contribution >= 0.6 is 10.7 Å². The Labute approximate surface area is 97.7 Å². The summed E-state index contributed by atoms with van der Waals surface area (Å²) >= 11 is 0. The highest BCUT2D eigenvalue weighted by molar-refractivity contribution is 8.13. The number of benzene rings is 1. The number of fused-ring (bicyclic) bond motifs is 1. The molecule has 1 aromatic heterocycles. The van der Waals surface area contributed by atoms with E-state index in [2.05, 4.69) is 10.2 Å². The fourth-order valence-electron chi connectivity index (χ4n) is 1.54. The molecule has 2 aromatic rings. The Balaban J connectivity index is 2.38. The van der Waals surface area contributed by atoms with Crippen LogP contribution in [0, 0.1) is 0 Å². The molecule has 0 aliphatic rings. The van der Waals surface area contributed by atoms with Gasteiger partial charge in [0.05, 0.1) is 18.1 Å². The van der Waals surface area contributed by atoms with Gasteiger partial charge in [-0.05, 0) is 12.0 Å². The Morgan fingerprint density at radius 1 is 1.19 bits per heavy atom. The van der Waals surface area contributed by atoms with Crippen LogP contribution in [0.25, 0.3) is 10.8 Å². The Morgan fingerprint density at radius 3 is 2.69 bits per heavy atom. The summed E-state index contributed by atoms with van der Waals surface area (Å²) < 4.78 is 21.8. The highest BCUT2D eigenvalue weighted by Crippen LogP contribution is 2.17. The van der Waals surface area contributed by atoms with Crippen LogP contribution in [-0.2, 0) is 15.5 Å². The van der Waals surface area contributed by atoms with Gasteiger partial charge in [-0.15, -0.1) is 0 Å². The minimum atomic E-state index is -3.45. The van der Waals surface area contributed by atoms with Crippen molar-refractivity contribution >= 4 is 30.5 Å². The topological polar surface area (TPSA) is 59.9 Å². The molecule has 0 aliphatic carbocycles. The molecule has 6 heteroatoms. The smallest absolute Gasteiger partial charge is 0.212 e. The van der Waals surface area contributed by atoms with Crippen molar-refractivity contribution in [2.45, 2.75) is 6.42 Å². The van der Waals surface area contributed by atoms with Gasteiger partial charge in [0.2, 0.25) is 9.05 Å². The summed E-state index contributed by atoms with van der Waals surface area (Å²) in [5, 5.41) is 9.41. The van der Waals surface area contributed by atoms with Crippen LogP contribution < -0.4 is 0 Å².